The van der Waals surface area contributed by atoms with Gasteiger partial charge in [-0.15, -0.1) is 13.2 Å². The first-order valence-corrected chi connectivity index (χ1v) is 2.32. The number of nitrogens with one attached hydrogen (secondary N) is 4. The van der Waals surface area contributed by atoms with Gasteiger partial charge in [0.25, 0.3) is 0 Å². The maximum Gasteiger partial charge on any atom is 0.231 e. The Bertz CT molecular complexity index is 170. The molecular weight excluding hydrogens is 240 g/mol. The Morgan fingerprint density at radius 3 is 0.500 bits per heavy atom. The van der Waals surface area contributed by atoms with Gasteiger partial charge in [0, 0.05) is 0 Å². The highest BCUT2D eigenvalue weighted by Crippen LogP contribution is 0.878. The first-order valence-electron chi connectivity index (χ1n) is 2.32. The molecule has 0 rings (SSSR count). The van der Waals surface area contributed by atoms with E-state index < -0.39 is 0 Å². The molecule has 0 saturated heterocycles. The number of rotatable bonds is 0. The maximum atomic E-state index is 8.35. The predicted molar refractivity (Wildman–Crippen MR) is 71.8 cm³/mol. The van der Waals surface area contributed by atoms with Gasteiger partial charge < -0.3 is 0 Å². The zero-order valence-electron chi connectivity index (χ0n) is 7.05. The van der Waals surface area contributed by atoms with E-state index in [1.165, 1.54) is 0 Å². The summed E-state index contributed by atoms with van der Waals surface area (Å²) in [4.78, 5) is 33.4. The van der Waals surface area contributed by atoms with Crippen LogP contribution in [0.5, 0.6) is 0 Å². The van der Waals surface area contributed by atoms with Crippen molar-refractivity contribution in [3.05, 3.63) is 13.2 Å². The van der Waals surface area contributed by atoms with Crippen LogP contribution in [0.15, 0.2) is 13.2 Å². The standard InChI is InChI=1S/C2H4.4CHNO.4CH4/c1-2;4*2-1-3;;;;/h1-2H2;4*2H;4*1H4. The second-order valence-electron chi connectivity index (χ2n) is 0.408. The molecule has 0 aromatic heterocycles. The zero-order valence-corrected chi connectivity index (χ0v) is 7.05. The number of hydrogen-bond donors (Lipinski definition) is 4. The summed E-state index contributed by atoms with van der Waals surface area (Å²) in [5.41, 5.74) is 0. The molecule has 0 aromatic carbocycles. The summed E-state index contributed by atoms with van der Waals surface area (Å²) in [6.45, 7) is 6.00. The lowest BCUT2D eigenvalue weighted by molar-refractivity contribution is 0.562. The van der Waals surface area contributed by atoms with Crippen LogP contribution >= 0.6 is 0 Å². The Hall–Kier alpha value is -2.74. The van der Waals surface area contributed by atoms with E-state index in [4.69, 9.17) is 40.8 Å². The summed E-state index contributed by atoms with van der Waals surface area (Å²) < 4.78 is 0. The van der Waals surface area contributed by atoms with Gasteiger partial charge in [0.05, 0.1) is 0 Å². The van der Waals surface area contributed by atoms with Crippen LogP contribution in [0.3, 0.4) is 0 Å². The van der Waals surface area contributed by atoms with Crippen molar-refractivity contribution in [3.8, 4) is 0 Å². The Kier molecular flexibility index (Phi) is 6950. The highest BCUT2D eigenvalue weighted by atomic mass is 16.1. The molecule has 8 nitrogen and oxygen atoms in total. The third-order valence-electron chi connectivity index (χ3n) is 0. The van der Waals surface area contributed by atoms with Crippen molar-refractivity contribution in [1.29, 1.82) is 21.6 Å². The molecule has 8 heteroatoms. The predicted octanol–water partition coefficient (Wildman–Crippen LogP) is 2.95. The molecule has 0 radical (unpaired) electrons. The van der Waals surface area contributed by atoms with E-state index in [1.807, 2.05) is 0 Å². The molecular formula is C10H24N4O4. The van der Waals surface area contributed by atoms with Gasteiger partial charge in [-0.25, -0.2) is 40.8 Å². The normalized spacial score (nSPS) is 2.00. The molecule has 0 aromatic rings. The van der Waals surface area contributed by atoms with Crippen molar-refractivity contribution in [1.82, 2.24) is 0 Å². The summed E-state index contributed by atoms with van der Waals surface area (Å²) in [5, 5.41) is 21.6. The SMILES string of the molecule is C.C.C.C.C=C.N=C=O.N=C=O.N=C=O.N=C=O. The molecule has 0 unspecified atom stereocenters. The van der Waals surface area contributed by atoms with E-state index in [0.717, 1.165) is 24.3 Å². The maximum absolute atomic E-state index is 8.35. The van der Waals surface area contributed by atoms with Crippen molar-refractivity contribution >= 4 is 24.3 Å². The second kappa shape index (κ2) is 1580. The van der Waals surface area contributed by atoms with E-state index in [1.54, 1.807) is 0 Å². The monoisotopic (exact) mass is 264 g/mol. The van der Waals surface area contributed by atoms with E-state index in [2.05, 4.69) is 13.2 Å². The molecule has 0 bridgehead atoms. The van der Waals surface area contributed by atoms with Gasteiger partial charge in [-0.1, -0.05) is 29.7 Å². The molecule has 108 valence electrons. The molecule has 0 heterocycles. The van der Waals surface area contributed by atoms with E-state index in [0.29, 0.717) is 0 Å². The molecule has 0 aliphatic heterocycles. The van der Waals surface area contributed by atoms with Crippen LogP contribution in [0, 0.1) is 21.6 Å². The van der Waals surface area contributed by atoms with Gasteiger partial charge in [0.2, 0.25) is 24.3 Å². The largest absolute Gasteiger partial charge is 0.231 e. The fourth-order valence-corrected chi connectivity index (χ4v) is 0. The lowest BCUT2D eigenvalue weighted by atomic mass is 11.3. The highest BCUT2D eigenvalue weighted by molar-refractivity contribution is 5.26. The number of carbonyl (C=O) groups excluding carboxylic acids is 4. The molecule has 0 fully saturated rings. The minimum Gasteiger partial charge on any atom is -0.222 e. The fourth-order valence-electron chi connectivity index (χ4n) is 0. The van der Waals surface area contributed by atoms with Crippen LogP contribution in [0.25, 0.3) is 0 Å². The summed E-state index contributed by atoms with van der Waals surface area (Å²) in [6.07, 6.45) is 3.00. The Morgan fingerprint density at radius 2 is 0.500 bits per heavy atom. The lowest BCUT2D eigenvalue weighted by Gasteiger charge is -1.02. The van der Waals surface area contributed by atoms with E-state index >= 15 is 0 Å². The zero-order chi connectivity index (χ0) is 12.8. The number of hydrogen-bond acceptors (Lipinski definition) is 8. The first kappa shape index (κ1) is 79.2. The average Bonchev–Trinajstić information content (AvgIpc) is 2.12. The van der Waals surface area contributed by atoms with Crippen LogP contribution in [0.1, 0.15) is 29.7 Å². The van der Waals surface area contributed by atoms with Crippen molar-refractivity contribution < 1.29 is 19.2 Å². The van der Waals surface area contributed by atoms with Gasteiger partial charge in [-0.3, -0.25) is 0 Å². The summed E-state index contributed by atoms with van der Waals surface area (Å²) in [6, 6.07) is 0. The van der Waals surface area contributed by atoms with E-state index in [9.17, 15) is 0 Å². The minimum atomic E-state index is 0. The van der Waals surface area contributed by atoms with Gasteiger partial charge >= 0.3 is 0 Å². The van der Waals surface area contributed by atoms with Crippen molar-refractivity contribution in [3.63, 3.8) is 0 Å². The molecule has 0 aliphatic rings. The topological polar surface area (TPSA) is 164 Å². The van der Waals surface area contributed by atoms with Gasteiger partial charge in [-0.05, 0) is 0 Å². The smallest absolute Gasteiger partial charge is 0.222 e. The molecule has 0 spiro atoms. The highest BCUT2D eigenvalue weighted by Gasteiger charge is 1.04. The number of isocyanates is 4. The fraction of sp³-hybridized carbons (Fsp3) is 0.400. The van der Waals surface area contributed by atoms with Crippen molar-refractivity contribution in [2.45, 2.75) is 29.7 Å². The molecule has 0 atom stereocenters. The molecule has 18 heavy (non-hydrogen) atoms. The third kappa shape index (κ3) is 265. The van der Waals surface area contributed by atoms with Gasteiger partial charge in [0.15, 0.2) is 0 Å². The molecule has 0 amide bonds. The van der Waals surface area contributed by atoms with Crippen molar-refractivity contribution in [2.24, 2.45) is 0 Å². The van der Waals surface area contributed by atoms with Crippen molar-refractivity contribution in [2.75, 3.05) is 0 Å². The molecule has 4 N–H and O–H groups in total. The van der Waals surface area contributed by atoms with Crippen LogP contribution in [-0.2, 0) is 19.2 Å². The third-order valence-corrected chi connectivity index (χ3v) is 0. The Labute approximate surface area is 109 Å². The quantitative estimate of drug-likeness (QED) is 0.300. The Morgan fingerprint density at radius 1 is 0.500 bits per heavy atom. The van der Waals surface area contributed by atoms with Crippen LogP contribution in [-0.4, -0.2) is 24.3 Å². The van der Waals surface area contributed by atoms with Crippen LogP contribution in [0.2, 0.25) is 0 Å². The summed E-state index contributed by atoms with van der Waals surface area (Å²) >= 11 is 0. The minimum absolute atomic E-state index is 0. The summed E-state index contributed by atoms with van der Waals surface area (Å²) in [5.74, 6) is 0. The van der Waals surface area contributed by atoms with Gasteiger partial charge in [0.1, 0.15) is 0 Å². The molecule has 0 aliphatic carbocycles. The average molecular weight is 264 g/mol. The molecule has 0 saturated carbocycles. The van der Waals surface area contributed by atoms with Crippen LogP contribution in [0.4, 0.5) is 0 Å². The van der Waals surface area contributed by atoms with Gasteiger partial charge in [-0.2, -0.15) is 0 Å². The van der Waals surface area contributed by atoms with E-state index in [-0.39, 0.29) is 29.7 Å². The summed E-state index contributed by atoms with van der Waals surface area (Å²) in [7, 11) is 0. The van der Waals surface area contributed by atoms with Crippen LogP contribution < -0.4 is 0 Å². The second-order valence-corrected chi connectivity index (χ2v) is 0.408. The first-order chi connectivity index (χ1) is 6.66. The lowest BCUT2D eigenvalue weighted by Crippen LogP contribution is -1.16. The Balaban J connectivity index is -0.00000000766.